The van der Waals surface area contributed by atoms with Crippen LogP contribution in [0.4, 0.5) is 4.79 Å². The molecule has 0 bridgehead atoms. The molecule has 0 unspecified atom stereocenters. The van der Waals surface area contributed by atoms with Gasteiger partial charge in [0.2, 0.25) is 0 Å². The molecule has 2 amide bonds. The maximum absolute atomic E-state index is 11.4. The average Bonchev–Trinajstić information content (AvgIpc) is 2.43. The SMILES string of the molecule is CCCNC(=O)N[C@H](C)COc1ccc(OC)cc1. The van der Waals surface area contributed by atoms with Crippen molar-refractivity contribution in [2.75, 3.05) is 20.3 Å². The number of hydrogen-bond acceptors (Lipinski definition) is 3. The van der Waals surface area contributed by atoms with E-state index in [1.165, 1.54) is 0 Å². The molecule has 0 saturated heterocycles. The zero-order valence-electron chi connectivity index (χ0n) is 11.7. The van der Waals surface area contributed by atoms with Crippen LogP contribution < -0.4 is 20.1 Å². The highest BCUT2D eigenvalue weighted by Crippen LogP contribution is 2.16. The summed E-state index contributed by atoms with van der Waals surface area (Å²) in [4.78, 5) is 11.4. The number of rotatable bonds is 7. The Morgan fingerprint density at radius 2 is 1.89 bits per heavy atom. The molecule has 0 heterocycles. The Labute approximate surface area is 114 Å². The maximum Gasteiger partial charge on any atom is 0.315 e. The summed E-state index contributed by atoms with van der Waals surface area (Å²) in [6.07, 6.45) is 0.921. The van der Waals surface area contributed by atoms with Crippen molar-refractivity contribution in [1.82, 2.24) is 10.6 Å². The molecule has 0 radical (unpaired) electrons. The third-order valence-electron chi connectivity index (χ3n) is 2.47. The van der Waals surface area contributed by atoms with Gasteiger partial charge in [0, 0.05) is 6.54 Å². The Bertz CT molecular complexity index is 379. The number of methoxy groups -OCH3 is 1. The van der Waals surface area contributed by atoms with E-state index in [0.717, 1.165) is 17.9 Å². The molecule has 0 spiro atoms. The summed E-state index contributed by atoms with van der Waals surface area (Å²) < 4.78 is 10.6. The van der Waals surface area contributed by atoms with Crippen molar-refractivity contribution in [3.8, 4) is 11.5 Å². The van der Waals surface area contributed by atoms with E-state index in [-0.39, 0.29) is 12.1 Å². The summed E-state index contributed by atoms with van der Waals surface area (Å²) in [6.45, 7) is 5.01. The van der Waals surface area contributed by atoms with Gasteiger partial charge in [0.05, 0.1) is 13.2 Å². The number of amides is 2. The fourth-order valence-electron chi connectivity index (χ4n) is 1.45. The van der Waals surface area contributed by atoms with Crippen molar-refractivity contribution in [1.29, 1.82) is 0 Å². The highest BCUT2D eigenvalue weighted by molar-refractivity contribution is 5.74. The summed E-state index contributed by atoms with van der Waals surface area (Å²) in [6, 6.07) is 7.13. The van der Waals surface area contributed by atoms with E-state index in [4.69, 9.17) is 9.47 Å². The molecule has 1 atom stereocenters. The van der Waals surface area contributed by atoms with Gasteiger partial charge < -0.3 is 20.1 Å². The summed E-state index contributed by atoms with van der Waals surface area (Å²) in [5, 5.41) is 5.56. The lowest BCUT2D eigenvalue weighted by Gasteiger charge is -2.15. The molecule has 0 saturated carbocycles. The van der Waals surface area contributed by atoms with Crippen molar-refractivity contribution < 1.29 is 14.3 Å². The van der Waals surface area contributed by atoms with Gasteiger partial charge in [-0.2, -0.15) is 0 Å². The number of hydrogen-bond donors (Lipinski definition) is 2. The largest absolute Gasteiger partial charge is 0.497 e. The number of urea groups is 1. The van der Waals surface area contributed by atoms with Crippen LogP contribution in [0, 0.1) is 0 Å². The third kappa shape index (κ3) is 5.99. The van der Waals surface area contributed by atoms with Gasteiger partial charge in [-0.05, 0) is 37.6 Å². The fraction of sp³-hybridized carbons (Fsp3) is 0.500. The molecule has 1 rings (SSSR count). The van der Waals surface area contributed by atoms with Crippen molar-refractivity contribution in [3.63, 3.8) is 0 Å². The van der Waals surface area contributed by atoms with Crippen LogP contribution in [0.15, 0.2) is 24.3 Å². The van der Waals surface area contributed by atoms with Crippen molar-refractivity contribution in [2.45, 2.75) is 26.3 Å². The second-order valence-electron chi connectivity index (χ2n) is 4.29. The smallest absolute Gasteiger partial charge is 0.315 e. The van der Waals surface area contributed by atoms with Crippen LogP contribution in [0.2, 0.25) is 0 Å². The van der Waals surface area contributed by atoms with Crippen LogP contribution in [0.5, 0.6) is 11.5 Å². The molecule has 5 heteroatoms. The molecule has 1 aromatic rings. The quantitative estimate of drug-likeness (QED) is 0.795. The van der Waals surface area contributed by atoms with Gasteiger partial charge in [0.25, 0.3) is 0 Å². The zero-order valence-corrected chi connectivity index (χ0v) is 11.7. The van der Waals surface area contributed by atoms with Crippen LogP contribution in [0.3, 0.4) is 0 Å². The maximum atomic E-state index is 11.4. The van der Waals surface area contributed by atoms with Gasteiger partial charge in [-0.15, -0.1) is 0 Å². The molecule has 19 heavy (non-hydrogen) atoms. The Morgan fingerprint density at radius 3 is 2.47 bits per heavy atom. The van der Waals surface area contributed by atoms with Gasteiger partial charge >= 0.3 is 6.03 Å². The van der Waals surface area contributed by atoms with E-state index in [0.29, 0.717) is 13.2 Å². The van der Waals surface area contributed by atoms with Gasteiger partial charge in [0.1, 0.15) is 18.1 Å². The molecular formula is C14H22N2O3. The number of benzene rings is 1. The van der Waals surface area contributed by atoms with E-state index < -0.39 is 0 Å². The summed E-state index contributed by atoms with van der Waals surface area (Å²) in [5.41, 5.74) is 0. The van der Waals surface area contributed by atoms with Gasteiger partial charge in [0.15, 0.2) is 0 Å². The van der Waals surface area contributed by atoms with E-state index in [1.807, 2.05) is 38.1 Å². The Morgan fingerprint density at radius 1 is 1.26 bits per heavy atom. The molecule has 5 nitrogen and oxygen atoms in total. The Balaban J connectivity index is 2.28. The minimum absolute atomic E-state index is 0.0565. The number of nitrogens with one attached hydrogen (secondary N) is 2. The predicted octanol–water partition coefficient (Wildman–Crippen LogP) is 2.17. The number of ether oxygens (including phenoxy) is 2. The molecule has 2 N–H and O–H groups in total. The Hall–Kier alpha value is -1.91. The molecule has 1 aromatic carbocycles. The van der Waals surface area contributed by atoms with E-state index in [2.05, 4.69) is 10.6 Å². The lowest BCUT2D eigenvalue weighted by atomic mass is 10.3. The monoisotopic (exact) mass is 266 g/mol. The summed E-state index contributed by atoms with van der Waals surface area (Å²) in [7, 11) is 1.62. The molecule has 0 aliphatic rings. The lowest BCUT2D eigenvalue weighted by Crippen LogP contribution is -2.43. The van der Waals surface area contributed by atoms with Crippen molar-refractivity contribution in [3.05, 3.63) is 24.3 Å². The lowest BCUT2D eigenvalue weighted by molar-refractivity contribution is 0.226. The average molecular weight is 266 g/mol. The standard InChI is InChI=1S/C14H22N2O3/c1-4-9-15-14(17)16-11(2)10-19-13-7-5-12(18-3)6-8-13/h5-8,11H,4,9-10H2,1-3H3,(H2,15,16,17)/t11-/m1/s1. The van der Waals surface area contributed by atoms with E-state index in [9.17, 15) is 4.79 Å². The summed E-state index contributed by atoms with van der Waals surface area (Å²) in [5.74, 6) is 1.54. The van der Waals surface area contributed by atoms with Crippen molar-refractivity contribution >= 4 is 6.03 Å². The van der Waals surface area contributed by atoms with Crippen LogP contribution in [0.1, 0.15) is 20.3 Å². The second kappa shape index (κ2) is 8.24. The summed E-state index contributed by atoms with van der Waals surface area (Å²) >= 11 is 0. The van der Waals surface area contributed by atoms with Crippen LogP contribution >= 0.6 is 0 Å². The highest BCUT2D eigenvalue weighted by atomic mass is 16.5. The molecular weight excluding hydrogens is 244 g/mol. The van der Waals surface area contributed by atoms with Crippen LogP contribution in [0.25, 0.3) is 0 Å². The molecule has 0 fully saturated rings. The zero-order chi connectivity index (χ0) is 14.1. The molecule has 0 aliphatic heterocycles. The van der Waals surface area contributed by atoms with Crippen LogP contribution in [-0.4, -0.2) is 32.3 Å². The topological polar surface area (TPSA) is 59.6 Å². The minimum Gasteiger partial charge on any atom is -0.497 e. The molecule has 0 aromatic heterocycles. The number of carbonyl (C=O) groups is 1. The number of carbonyl (C=O) groups excluding carboxylic acids is 1. The third-order valence-corrected chi connectivity index (χ3v) is 2.47. The first-order valence-electron chi connectivity index (χ1n) is 6.47. The van der Waals surface area contributed by atoms with Gasteiger partial charge in [-0.25, -0.2) is 4.79 Å². The first-order valence-corrected chi connectivity index (χ1v) is 6.47. The van der Waals surface area contributed by atoms with E-state index >= 15 is 0 Å². The minimum atomic E-state index is -0.160. The highest BCUT2D eigenvalue weighted by Gasteiger charge is 2.07. The predicted molar refractivity (Wildman–Crippen MR) is 74.8 cm³/mol. The first kappa shape index (κ1) is 15.1. The second-order valence-corrected chi connectivity index (χ2v) is 4.29. The van der Waals surface area contributed by atoms with Gasteiger partial charge in [-0.1, -0.05) is 6.92 Å². The first-order chi connectivity index (χ1) is 9.15. The normalized spacial score (nSPS) is 11.5. The fourth-order valence-corrected chi connectivity index (χ4v) is 1.45. The molecule has 106 valence electrons. The van der Waals surface area contributed by atoms with Crippen LogP contribution in [-0.2, 0) is 0 Å². The van der Waals surface area contributed by atoms with Gasteiger partial charge in [-0.3, -0.25) is 0 Å². The Kier molecular flexibility index (Phi) is 6.57. The van der Waals surface area contributed by atoms with E-state index in [1.54, 1.807) is 7.11 Å². The van der Waals surface area contributed by atoms with Crippen molar-refractivity contribution in [2.24, 2.45) is 0 Å². The molecule has 0 aliphatic carbocycles.